The van der Waals surface area contributed by atoms with Crippen molar-refractivity contribution in [2.24, 2.45) is 5.73 Å². The lowest BCUT2D eigenvalue weighted by molar-refractivity contribution is 0.499. The molecule has 1 unspecified atom stereocenters. The van der Waals surface area contributed by atoms with Crippen LogP contribution in [0.25, 0.3) is 0 Å². The van der Waals surface area contributed by atoms with Crippen LogP contribution in [-0.2, 0) is 0 Å². The van der Waals surface area contributed by atoms with Crippen LogP contribution in [0.15, 0.2) is 12.4 Å². The molecule has 1 aliphatic heterocycles. The molecule has 0 radical (unpaired) electrons. The van der Waals surface area contributed by atoms with E-state index in [0.717, 1.165) is 37.4 Å². The summed E-state index contributed by atoms with van der Waals surface area (Å²) in [5, 5.41) is 0. The molecular weight excluding hydrogens is 176 g/mol. The topological polar surface area (TPSA) is 55.0 Å². The Morgan fingerprint density at radius 3 is 2.79 bits per heavy atom. The predicted octanol–water partition coefficient (Wildman–Crippen LogP) is 0.713. The van der Waals surface area contributed by atoms with Crippen molar-refractivity contribution in [2.45, 2.75) is 25.8 Å². The SMILES string of the molecule is Cc1cnc(N2CCCC(N)C2)nc1. The molecule has 4 heteroatoms. The first-order valence-corrected chi connectivity index (χ1v) is 5.05. The summed E-state index contributed by atoms with van der Waals surface area (Å²) in [4.78, 5) is 10.8. The van der Waals surface area contributed by atoms with Gasteiger partial charge in [0.1, 0.15) is 0 Å². The van der Waals surface area contributed by atoms with Crippen LogP contribution in [0.2, 0.25) is 0 Å². The Labute approximate surface area is 84.2 Å². The van der Waals surface area contributed by atoms with Crippen molar-refractivity contribution in [2.75, 3.05) is 18.0 Å². The predicted molar refractivity (Wildman–Crippen MR) is 56.2 cm³/mol. The van der Waals surface area contributed by atoms with E-state index in [9.17, 15) is 0 Å². The van der Waals surface area contributed by atoms with Gasteiger partial charge < -0.3 is 10.6 Å². The zero-order valence-electron chi connectivity index (χ0n) is 8.48. The number of aromatic nitrogens is 2. The molecule has 14 heavy (non-hydrogen) atoms. The third-order valence-electron chi connectivity index (χ3n) is 2.51. The van der Waals surface area contributed by atoms with E-state index in [1.54, 1.807) is 0 Å². The van der Waals surface area contributed by atoms with Gasteiger partial charge in [0, 0.05) is 31.5 Å². The molecule has 0 aromatic carbocycles. The highest BCUT2D eigenvalue weighted by molar-refractivity contribution is 5.30. The number of rotatable bonds is 1. The van der Waals surface area contributed by atoms with E-state index in [4.69, 9.17) is 5.73 Å². The van der Waals surface area contributed by atoms with Gasteiger partial charge in [-0.15, -0.1) is 0 Å². The molecular formula is C10H16N4. The first kappa shape index (κ1) is 9.40. The smallest absolute Gasteiger partial charge is 0.225 e. The Morgan fingerprint density at radius 1 is 1.43 bits per heavy atom. The number of hydrogen-bond donors (Lipinski definition) is 1. The van der Waals surface area contributed by atoms with Crippen molar-refractivity contribution >= 4 is 5.95 Å². The van der Waals surface area contributed by atoms with Crippen LogP contribution < -0.4 is 10.6 Å². The van der Waals surface area contributed by atoms with Crippen LogP contribution in [0, 0.1) is 6.92 Å². The number of hydrogen-bond acceptors (Lipinski definition) is 4. The van der Waals surface area contributed by atoms with Gasteiger partial charge in [0.2, 0.25) is 5.95 Å². The fourth-order valence-electron chi connectivity index (χ4n) is 1.74. The van der Waals surface area contributed by atoms with Crippen LogP contribution in [-0.4, -0.2) is 29.1 Å². The maximum absolute atomic E-state index is 5.90. The number of piperidine rings is 1. The molecule has 0 amide bonds. The lowest BCUT2D eigenvalue weighted by Crippen LogP contribution is -2.43. The van der Waals surface area contributed by atoms with Crippen molar-refractivity contribution in [3.8, 4) is 0 Å². The van der Waals surface area contributed by atoms with E-state index in [2.05, 4.69) is 14.9 Å². The number of nitrogens with two attached hydrogens (primary N) is 1. The molecule has 1 saturated heterocycles. The van der Waals surface area contributed by atoms with E-state index in [0.29, 0.717) is 0 Å². The number of anilines is 1. The van der Waals surface area contributed by atoms with E-state index in [1.165, 1.54) is 0 Å². The van der Waals surface area contributed by atoms with Crippen LogP contribution >= 0.6 is 0 Å². The second kappa shape index (κ2) is 3.92. The minimum atomic E-state index is 0.272. The first-order chi connectivity index (χ1) is 6.75. The second-order valence-corrected chi connectivity index (χ2v) is 3.91. The zero-order valence-corrected chi connectivity index (χ0v) is 8.48. The molecule has 1 fully saturated rings. The fourth-order valence-corrected chi connectivity index (χ4v) is 1.74. The third-order valence-corrected chi connectivity index (χ3v) is 2.51. The molecule has 1 aliphatic rings. The minimum Gasteiger partial charge on any atom is -0.339 e. The number of nitrogens with zero attached hydrogens (tertiary/aromatic N) is 3. The van der Waals surface area contributed by atoms with E-state index >= 15 is 0 Å². The summed E-state index contributed by atoms with van der Waals surface area (Å²) in [6.45, 7) is 3.89. The molecule has 1 atom stereocenters. The Morgan fingerprint density at radius 2 is 2.14 bits per heavy atom. The maximum atomic E-state index is 5.90. The van der Waals surface area contributed by atoms with Crippen LogP contribution in [0.4, 0.5) is 5.95 Å². The Hall–Kier alpha value is -1.16. The Balaban J connectivity index is 2.10. The van der Waals surface area contributed by atoms with Gasteiger partial charge in [-0.2, -0.15) is 0 Å². The quantitative estimate of drug-likeness (QED) is 0.712. The number of aryl methyl sites for hydroxylation is 1. The van der Waals surface area contributed by atoms with E-state index in [-0.39, 0.29) is 6.04 Å². The highest BCUT2D eigenvalue weighted by Crippen LogP contribution is 2.14. The van der Waals surface area contributed by atoms with Crippen LogP contribution in [0.1, 0.15) is 18.4 Å². The standard InChI is InChI=1S/C10H16N4/c1-8-5-12-10(13-6-8)14-4-2-3-9(11)7-14/h5-6,9H,2-4,7,11H2,1H3. The summed E-state index contributed by atoms with van der Waals surface area (Å²) in [5.74, 6) is 0.811. The lowest BCUT2D eigenvalue weighted by atomic mass is 10.1. The molecule has 4 nitrogen and oxygen atoms in total. The van der Waals surface area contributed by atoms with E-state index < -0.39 is 0 Å². The summed E-state index contributed by atoms with van der Waals surface area (Å²) >= 11 is 0. The summed E-state index contributed by atoms with van der Waals surface area (Å²) in [7, 11) is 0. The van der Waals surface area contributed by atoms with E-state index in [1.807, 2.05) is 19.3 Å². The molecule has 0 aliphatic carbocycles. The summed E-state index contributed by atoms with van der Waals surface area (Å²) in [6.07, 6.45) is 5.95. The monoisotopic (exact) mass is 192 g/mol. The van der Waals surface area contributed by atoms with Gasteiger partial charge >= 0.3 is 0 Å². The van der Waals surface area contributed by atoms with Gasteiger partial charge in [-0.3, -0.25) is 0 Å². The average molecular weight is 192 g/mol. The molecule has 0 bridgehead atoms. The Kier molecular flexibility index (Phi) is 2.63. The molecule has 1 aromatic rings. The average Bonchev–Trinajstić information content (AvgIpc) is 2.19. The maximum Gasteiger partial charge on any atom is 0.225 e. The molecule has 2 heterocycles. The van der Waals surface area contributed by atoms with Crippen molar-refractivity contribution < 1.29 is 0 Å². The van der Waals surface area contributed by atoms with Gasteiger partial charge in [0.15, 0.2) is 0 Å². The van der Waals surface area contributed by atoms with Crippen LogP contribution in [0.3, 0.4) is 0 Å². The zero-order chi connectivity index (χ0) is 9.97. The van der Waals surface area contributed by atoms with Crippen molar-refractivity contribution in [3.63, 3.8) is 0 Å². The fraction of sp³-hybridized carbons (Fsp3) is 0.600. The van der Waals surface area contributed by atoms with Crippen molar-refractivity contribution in [3.05, 3.63) is 18.0 Å². The molecule has 1 aromatic heterocycles. The molecule has 2 N–H and O–H groups in total. The van der Waals surface area contributed by atoms with Gasteiger partial charge in [0.25, 0.3) is 0 Å². The summed E-state index contributed by atoms with van der Waals surface area (Å²) in [5.41, 5.74) is 6.99. The second-order valence-electron chi connectivity index (χ2n) is 3.91. The largest absolute Gasteiger partial charge is 0.339 e. The van der Waals surface area contributed by atoms with Gasteiger partial charge in [0.05, 0.1) is 0 Å². The molecule has 2 rings (SSSR count). The van der Waals surface area contributed by atoms with Gasteiger partial charge in [-0.1, -0.05) is 0 Å². The Bertz CT molecular complexity index is 295. The lowest BCUT2D eigenvalue weighted by Gasteiger charge is -2.30. The molecule has 0 spiro atoms. The molecule has 76 valence electrons. The minimum absolute atomic E-state index is 0.272. The van der Waals surface area contributed by atoms with Gasteiger partial charge in [-0.25, -0.2) is 9.97 Å². The highest BCUT2D eigenvalue weighted by Gasteiger charge is 2.18. The molecule has 0 saturated carbocycles. The van der Waals surface area contributed by atoms with Crippen molar-refractivity contribution in [1.82, 2.24) is 9.97 Å². The normalized spacial score (nSPS) is 22.4. The summed E-state index contributed by atoms with van der Waals surface area (Å²) < 4.78 is 0. The van der Waals surface area contributed by atoms with Gasteiger partial charge in [-0.05, 0) is 25.3 Å². The van der Waals surface area contributed by atoms with Crippen molar-refractivity contribution in [1.29, 1.82) is 0 Å². The third kappa shape index (κ3) is 2.01. The summed E-state index contributed by atoms with van der Waals surface area (Å²) in [6, 6.07) is 0.272. The first-order valence-electron chi connectivity index (χ1n) is 5.05. The highest BCUT2D eigenvalue weighted by atomic mass is 15.3. The van der Waals surface area contributed by atoms with Crippen LogP contribution in [0.5, 0.6) is 0 Å².